The Morgan fingerprint density at radius 2 is 2.30 bits per heavy atom. The van der Waals surface area contributed by atoms with Gasteiger partial charge in [0.1, 0.15) is 0 Å². The van der Waals surface area contributed by atoms with Crippen molar-refractivity contribution in [3.8, 4) is 24.2 Å². The summed E-state index contributed by atoms with van der Waals surface area (Å²) in [4.78, 5) is 0. The minimum absolute atomic E-state index is 0.666. The SMILES string of the molecule is C#CC[CH]C#CCCCC. The van der Waals surface area contributed by atoms with Gasteiger partial charge in [0, 0.05) is 19.3 Å². The molecule has 0 aromatic carbocycles. The minimum atomic E-state index is 0.666. The molecule has 0 amide bonds. The summed E-state index contributed by atoms with van der Waals surface area (Å²) in [5.41, 5.74) is 0. The monoisotopic (exact) mass is 133 g/mol. The molecule has 0 N–H and O–H groups in total. The second-order valence-electron chi connectivity index (χ2n) is 2.04. The smallest absolute Gasteiger partial charge is 0.0458 e. The van der Waals surface area contributed by atoms with Crippen LogP contribution in [0.1, 0.15) is 32.6 Å². The Kier molecular flexibility index (Phi) is 7.41. The highest BCUT2D eigenvalue weighted by Crippen LogP contribution is 1.90. The van der Waals surface area contributed by atoms with Gasteiger partial charge in [-0.05, 0) is 6.42 Å². The molecule has 10 heavy (non-hydrogen) atoms. The van der Waals surface area contributed by atoms with Crippen LogP contribution in [-0.2, 0) is 0 Å². The molecule has 0 unspecified atom stereocenters. The van der Waals surface area contributed by atoms with E-state index in [0.29, 0.717) is 6.42 Å². The molecule has 0 heterocycles. The summed E-state index contributed by atoms with van der Waals surface area (Å²) in [7, 11) is 0. The molecule has 0 nitrogen and oxygen atoms in total. The van der Waals surface area contributed by atoms with E-state index < -0.39 is 0 Å². The highest BCUT2D eigenvalue weighted by molar-refractivity contribution is 5.13. The Morgan fingerprint density at radius 1 is 1.50 bits per heavy atom. The quantitative estimate of drug-likeness (QED) is 0.409. The topological polar surface area (TPSA) is 0 Å². The molecule has 1 radical (unpaired) electrons. The van der Waals surface area contributed by atoms with Crippen LogP contribution in [0.3, 0.4) is 0 Å². The first-order valence-corrected chi connectivity index (χ1v) is 3.65. The van der Waals surface area contributed by atoms with Crippen molar-refractivity contribution in [1.29, 1.82) is 0 Å². The molecule has 0 fully saturated rings. The summed E-state index contributed by atoms with van der Waals surface area (Å²) in [6.07, 6.45) is 10.9. The lowest BCUT2D eigenvalue weighted by atomic mass is 10.2. The van der Waals surface area contributed by atoms with E-state index >= 15 is 0 Å². The summed E-state index contributed by atoms with van der Waals surface area (Å²) in [5.74, 6) is 8.42. The average Bonchev–Trinajstić information content (AvgIpc) is 1.97. The van der Waals surface area contributed by atoms with Gasteiger partial charge in [-0.15, -0.1) is 18.3 Å². The van der Waals surface area contributed by atoms with Gasteiger partial charge in [0.05, 0.1) is 0 Å². The molecule has 0 aromatic rings. The van der Waals surface area contributed by atoms with Crippen LogP contribution in [0.2, 0.25) is 0 Å². The van der Waals surface area contributed by atoms with Crippen LogP contribution in [0.15, 0.2) is 0 Å². The average molecular weight is 133 g/mol. The number of terminal acetylenes is 1. The van der Waals surface area contributed by atoms with Crippen molar-refractivity contribution in [2.45, 2.75) is 32.6 Å². The van der Waals surface area contributed by atoms with Crippen molar-refractivity contribution in [2.75, 3.05) is 0 Å². The molecule has 0 atom stereocenters. The Labute approximate surface area is 64.0 Å². The van der Waals surface area contributed by atoms with Crippen LogP contribution >= 0.6 is 0 Å². The largest absolute Gasteiger partial charge is 0.120 e. The van der Waals surface area contributed by atoms with Crippen LogP contribution < -0.4 is 0 Å². The van der Waals surface area contributed by atoms with Crippen molar-refractivity contribution in [2.24, 2.45) is 0 Å². The fourth-order valence-corrected chi connectivity index (χ4v) is 0.519. The molecular weight excluding hydrogens is 120 g/mol. The second kappa shape index (κ2) is 8.12. The van der Waals surface area contributed by atoms with E-state index in [9.17, 15) is 0 Å². The van der Waals surface area contributed by atoms with E-state index in [0.717, 1.165) is 6.42 Å². The minimum Gasteiger partial charge on any atom is -0.120 e. The van der Waals surface area contributed by atoms with Crippen molar-refractivity contribution >= 4 is 0 Å². The lowest BCUT2D eigenvalue weighted by Gasteiger charge is -1.82. The molecule has 53 valence electrons. The van der Waals surface area contributed by atoms with E-state index in [4.69, 9.17) is 6.42 Å². The zero-order chi connectivity index (χ0) is 7.66. The van der Waals surface area contributed by atoms with E-state index in [1.807, 2.05) is 6.42 Å². The normalized spacial score (nSPS) is 7.60. The van der Waals surface area contributed by atoms with Crippen molar-refractivity contribution in [3.05, 3.63) is 6.42 Å². The summed E-state index contributed by atoms with van der Waals surface area (Å²) in [5, 5.41) is 0. The molecule has 0 aliphatic rings. The maximum atomic E-state index is 5.02. The molecular formula is C10H13. The highest BCUT2D eigenvalue weighted by atomic mass is 13.8. The van der Waals surface area contributed by atoms with Gasteiger partial charge in [-0.25, -0.2) is 0 Å². The predicted molar refractivity (Wildman–Crippen MR) is 45.1 cm³/mol. The fourth-order valence-electron chi connectivity index (χ4n) is 0.519. The number of unbranched alkanes of at least 4 members (excludes halogenated alkanes) is 3. The number of hydrogen-bond acceptors (Lipinski definition) is 0. The van der Waals surface area contributed by atoms with E-state index in [2.05, 4.69) is 24.7 Å². The van der Waals surface area contributed by atoms with Crippen LogP contribution in [0.5, 0.6) is 0 Å². The molecule has 0 saturated carbocycles. The maximum Gasteiger partial charge on any atom is 0.0458 e. The van der Waals surface area contributed by atoms with Crippen LogP contribution in [0.25, 0.3) is 0 Å². The highest BCUT2D eigenvalue weighted by Gasteiger charge is 1.76. The van der Waals surface area contributed by atoms with Crippen LogP contribution in [0, 0.1) is 30.6 Å². The molecule has 0 bridgehead atoms. The molecule has 0 aliphatic carbocycles. The Balaban J connectivity index is 3.08. The standard InChI is InChI=1S/C10H13/c1-3-5-7-9-10-8-6-4-2/h1,7H,4-6,8H2,2H3. The molecule has 0 aromatic heterocycles. The van der Waals surface area contributed by atoms with Crippen molar-refractivity contribution < 1.29 is 0 Å². The van der Waals surface area contributed by atoms with Gasteiger partial charge in [-0.2, -0.15) is 0 Å². The maximum absolute atomic E-state index is 5.02. The number of hydrogen-bond donors (Lipinski definition) is 0. The van der Waals surface area contributed by atoms with Crippen molar-refractivity contribution in [3.63, 3.8) is 0 Å². The Hall–Kier alpha value is -0.880. The van der Waals surface area contributed by atoms with Crippen LogP contribution in [0.4, 0.5) is 0 Å². The first-order chi connectivity index (χ1) is 4.91. The zero-order valence-corrected chi connectivity index (χ0v) is 6.48. The zero-order valence-electron chi connectivity index (χ0n) is 6.48. The molecule has 0 heteroatoms. The molecule has 0 rings (SSSR count). The Morgan fingerprint density at radius 3 is 2.90 bits per heavy atom. The summed E-state index contributed by atoms with van der Waals surface area (Å²) >= 11 is 0. The Bertz CT molecular complexity index is 149. The third-order valence-corrected chi connectivity index (χ3v) is 1.08. The molecule has 0 aliphatic heterocycles. The third-order valence-electron chi connectivity index (χ3n) is 1.08. The lowest BCUT2D eigenvalue weighted by molar-refractivity contribution is 0.828. The first-order valence-electron chi connectivity index (χ1n) is 3.65. The summed E-state index contributed by atoms with van der Waals surface area (Å²) in [6.45, 7) is 2.16. The molecule has 0 saturated heterocycles. The van der Waals surface area contributed by atoms with Gasteiger partial charge in [-0.3, -0.25) is 0 Å². The molecule has 0 spiro atoms. The van der Waals surface area contributed by atoms with Gasteiger partial charge >= 0.3 is 0 Å². The van der Waals surface area contributed by atoms with E-state index in [1.54, 1.807) is 0 Å². The van der Waals surface area contributed by atoms with Crippen molar-refractivity contribution in [1.82, 2.24) is 0 Å². The van der Waals surface area contributed by atoms with Crippen LogP contribution in [-0.4, -0.2) is 0 Å². The predicted octanol–water partition coefficient (Wildman–Crippen LogP) is 2.41. The van der Waals surface area contributed by atoms with E-state index in [1.165, 1.54) is 12.8 Å². The second-order valence-corrected chi connectivity index (χ2v) is 2.04. The van der Waals surface area contributed by atoms with Gasteiger partial charge in [0.15, 0.2) is 0 Å². The summed E-state index contributed by atoms with van der Waals surface area (Å²) in [6, 6.07) is 0. The van der Waals surface area contributed by atoms with Gasteiger partial charge in [0.2, 0.25) is 0 Å². The lowest BCUT2D eigenvalue weighted by Crippen LogP contribution is -1.69. The van der Waals surface area contributed by atoms with Gasteiger partial charge in [-0.1, -0.05) is 19.3 Å². The number of rotatable bonds is 3. The van der Waals surface area contributed by atoms with Gasteiger partial charge < -0.3 is 0 Å². The fraction of sp³-hybridized carbons (Fsp3) is 0.500. The van der Waals surface area contributed by atoms with Gasteiger partial charge in [0.25, 0.3) is 0 Å². The summed E-state index contributed by atoms with van der Waals surface area (Å²) < 4.78 is 0. The third kappa shape index (κ3) is 7.12. The first kappa shape index (κ1) is 9.12. The van der Waals surface area contributed by atoms with E-state index in [-0.39, 0.29) is 0 Å².